The number of nitrogens with zero attached hydrogens (tertiary/aromatic N) is 1. The first-order valence-corrected chi connectivity index (χ1v) is 10.2. The minimum atomic E-state index is -1.24. The second-order valence-electron chi connectivity index (χ2n) is 6.91. The zero-order valence-electron chi connectivity index (χ0n) is 16.7. The zero-order valence-corrected chi connectivity index (χ0v) is 17.6. The van der Waals surface area contributed by atoms with Crippen molar-refractivity contribution in [3.8, 4) is 5.75 Å². The average molecular weight is 413 g/mol. The minimum Gasteiger partial charge on any atom is -0.496 e. The summed E-state index contributed by atoms with van der Waals surface area (Å²) >= 11 is 1.56. The summed E-state index contributed by atoms with van der Waals surface area (Å²) in [6.07, 6.45) is 1.94. The van der Waals surface area contributed by atoms with Gasteiger partial charge in [0.05, 0.1) is 7.11 Å². The van der Waals surface area contributed by atoms with Gasteiger partial charge in [0.1, 0.15) is 17.8 Å². The number of nitrogens with one attached hydrogen (secondary N) is 2. The van der Waals surface area contributed by atoms with E-state index in [1.54, 1.807) is 50.1 Å². The van der Waals surface area contributed by atoms with Gasteiger partial charge in [0.15, 0.2) is 0 Å². The standard InChI is InChI=1S/C21H23N3O4S/c1-13-10-14(8-9-17(13)28-3)21(2)19(26)24(20(27)23-21)12-18(25)22-15-6-5-7-16(11-15)29-4/h5-11H,12H2,1-4H3,(H,22,25)(H,23,27). The van der Waals surface area contributed by atoms with Crippen molar-refractivity contribution in [1.82, 2.24) is 10.2 Å². The lowest BCUT2D eigenvalue weighted by Gasteiger charge is -2.23. The predicted molar refractivity (Wildman–Crippen MR) is 112 cm³/mol. The van der Waals surface area contributed by atoms with Crippen LogP contribution in [0.4, 0.5) is 10.5 Å². The van der Waals surface area contributed by atoms with Crippen LogP contribution in [0.5, 0.6) is 5.75 Å². The van der Waals surface area contributed by atoms with Crippen LogP contribution in [0.1, 0.15) is 18.1 Å². The number of rotatable bonds is 6. The van der Waals surface area contributed by atoms with Gasteiger partial charge in [0, 0.05) is 10.6 Å². The second kappa shape index (κ2) is 8.16. The normalized spacial score (nSPS) is 18.6. The summed E-state index contributed by atoms with van der Waals surface area (Å²) in [5, 5.41) is 5.45. The Labute approximate surface area is 173 Å². The van der Waals surface area contributed by atoms with E-state index in [2.05, 4.69) is 10.6 Å². The maximum atomic E-state index is 13.0. The Bertz CT molecular complexity index is 978. The fraction of sp³-hybridized carbons (Fsp3) is 0.286. The number of ether oxygens (including phenoxy) is 1. The molecule has 1 fully saturated rings. The highest BCUT2D eigenvalue weighted by Gasteiger charge is 2.49. The Hall–Kier alpha value is -3.00. The molecule has 0 radical (unpaired) electrons. The quantitative estimate of drug-likeness (QED) is 0.561. The number of hydrogen-bond acceptors (Lipinski definition) is 5. The van der Waals surface area contributed by atoms with Gasteiger partial charge in [0.2, 0.25) is 5.91 Å². The first-order chi connectivity index (χ1) is 13.8. The van der Waals surface area contributed by atoms with Gasteiger partial charge < -0.3 is 15.4 Å². The predicted octanol–water partition coefficient (Wildman–Crippen LogP) is 3.13. The molecule has 2 aromatic carbocycles. The molecule has 0 aromatic heterocycles. The SMILES string of the molecule is COc1ccc(C2(C)NC(=O)N(CC(=O)Nc3cccc(SC)c3)C2=O)cc1C. The molecule has 0 bridgehead atoms. The van der Waals surface area contributed by atoms with Crippen LogP contribution in [0.25, 0.3) is 0 Å². The van der Waals surface area contributed by atoms with E-state index in [0.29, 0.717) is 17.0 Å². The van der Waals surface area contributed by atoms with Gasteiger partial charge in [-0.05, 0) is 61.6 Å². The summed E-state index contributed by atoms with van der Waals surface area (Å²) in [5.74, 6) is -0.222. The molecule has 3 rings (SSSR count). The Morgan fingerprint density at radius 1 is 1.24 bits per heavy atom. The Morgan fingerprint density at radius 2 is 2.00 bits per heavy atom. The summed E-state index contributed by atoms with van der Waals surface area (Å²) in [6, 6.07) is 12.0. The lowest BCUT2D eigenvalue weighted by atomic mass is 9.90. The molecule has 1 atom stereocenters. The smallest absolute Gasteiger partial charge is 0.325 e. The van der Waals surface area contributed by atoms with Crippen LogP contribution >= 0.6 is 11.8 Å². The lowest BCUT2D eigenvalue weighted by Crippen LogP contribution is -2.42. The molecule has 2 aromatic rings. The summed E-state index contributed by atoms with van der Waals surface area (Å²) < 4.78 is 5.25. The number of amides is 4. The maximum absolute atomic E-state index is 13.0. The van der Waals surface area contributed by atoms with Gasteiger partial charge in [0.25, 0.3) is 5.91 Å². The van der Waals surface area contributed by atoms with Crippen molar-refractivity contribution in [3.05, 3.63) is 53.6 Å². The van der Waals surface area contributed by atoms with E-state index in [4.69, 9.17) is 4.74 Å². The van der Waals surface area contributed by atoms with Crippen molar-refractivity contribution in [2.45, 2.75) is 24.3 Å². The highest BCUT2D eigenvalue weighted by molar-refractivity contribution is 7.98. The summed E-state index contributed by atoms with van der Waals surface area (Å²) in [6.45, 7) is 3.13. The van der Waals surface area contributed by atoms with Gasteiger partial charge in [-0.25, -0.2) is 4.79 Å². The number of imide groups is 1. The van der Waals surface area contributed by atoms with Crippen molar-refractivity contribution >= 4 is 35.3 Å². The molecular formula is C21H23N3O4S. The molecule has 7 nitrogen and oxygen atoms in total. The van der Waals surface area contributed by atoms with Crippen LogP contribution in [0.15, 0.2) is 47.4 Å². The fourth-order valence-corrected chi connectivity index (χ4v) is 3.73. The summed E-state index contributed by atoms with van der Waals surface area (Å²) in [4.78, 5) is 39.9. The molecule has 1 saturated heterocycles. The number of anilines is 1. The van der Waals surface area contributed by atoms with Crippen molar-refractivity contribution in [2.75, 3.05) is 25.2 Å². The van der Waals surface area contributed by atoms with Crippen molar-refractivity contribution in [1.29, 1.82) is 0 Å². The van der Waals surface area contributed by atoms with Crippen molar-refractivity contribution < 1.29 is 19.1 Å². The maximum Gasteiger partial charge on any atom is 0.325 e. The molecule has 0 saturated carbocycles. The molecule has 4 amide bonds. The molecule has 29 heavy (non-hydrogen) atoms. The monoisotopic (exact) mass is 413 g/mol. The van der Waals surface area contributed by atoms with E-state index in [1.165, 1.54) is 0 Å². The molecule has 1 unspecified atom stereocenters. The molecule has 0 spiro atoms. The van der Waals surface area contributed by atoms with Gasteiger partial charge in [-0.1, -0.05) is 12.1 Å². The largest absolute Gasteiger partial charge is 0.496 e. The number of benzene rings is 2. The van der Waals surface area contributed by atoms with E-state index in [9.17, 15) is 14.4 Å². The fourth-order valence-electron chi connectivity index (χ4n) is 3.27. The van der Waals surface area contributed by atoms with Crippen LogP contribution in [0.2, 0.25) is 0 Å². The number of hydrogen-bond donors (Lipinski definition) is 2. The molecule has 2 N–H and O–H groups in total. The lowest BCUT2D eigenvalue weighted by molar-refractivity contribution is -0.133. The van der Waals surface area contributed by atoms with Crippen LogP contribution in [-0.2, 0) is 15.1 Å². The van der Waals surface area contributed by atoms with E-state index < -0.39 is 23.4 Å². The average Bonchev–Trinajstić information content (AvgIpc) is 2.92. The summed E-state index contributed by atoms with van der Waals surface area (Å²) in [5.41, 5.74) is 0.845. The molecular weight excluding hydrogens is 390 g/mol. The van der Waals surface area contributed by atoms with E-state index in [-0.39, 0.29) is 6.54 Å². The molecule has 152 valence electrons. The molecule has 8 heteroatoms. The number of methoxy groups -OCH3 is 1. The third kappa shape index (κ3) is 4.07. The van der Waals surface area contributed by atoms with E-state index in [1.807, 2.05) is 31.4 Å². The van der Waals surface area contributed by atoms with Gasteiger partial charge in [-0.15, -0.1) is 11.8 Å². The van der Waals surface area contributed by atoms with Crippen LogP contribution < -0.4 is 15.4 Å². The molecule has 0 aliphatic carbocycles. The zero-order chi connectivity index (χ0) is 21.2. The Balaban J connectivity index is 1.76. The number of carbonyl (C=O) groups excluding carboxylic acids is 3. The van der Waals surface area contributed by atoms with E-state index in [0.717, 1.165) is 15.4 Å². The van der Waals surface area contributed by atoms with Crippen LogP contribution in [0.3, 0.4) is 0 Å². The highest BCUT2D eigenvalue weighted by atomic mass is 32.2. The first-order valence-electron chi connectivity index (χ1n) is 9.01. The van der Waals surface area contributed by atoms with Crippen LogP contribution in [0, 0.1) is 6.92 Å². The molecule has 1 heterocycles. The topological polar surface area (TPSA) is 87.7 Å². The number of aryl methyl sites for hydroxylation is 1. The summed E-state index contributed by atoms with van der Waals surface area (Å²) in [7, 11) is 1.57. The van der Waals surface area contributed by atoms with E-state index >= 15 is 0 Å². The van der Waals surface area contributed by atoms with Gasteiger partial charge in [-0.2, -0.15) is 0 Å². The first kappa shape index (κ1) is 20.7. The minimum absolute atomic E-state index is 0.362. The third-order valence-corrected chi connectivity index (χ3v) is 5.63. The highest BCUT2D eigenvalue weighted by Crippen LogP contribution is 2.31. The second-order valence-corrected chi connectivity index (χ2v) is 7.79. The van der Waals surface area contributed by atoms with Crippen molar-refractivity contribution in [2.24, 2.45) is 0 Å². The van der Waals surface area contributed by atoms with Gasteiger partial charge in [-0.3, -0.25) is 14.5 Å². The third-order valence-electron chi connectivity index (χ3n) is 4.90. The Morgan fingerprint density at radius 3 is 2.66 bits per heavy atom. The van der Waals surface area contributed by atoms with Gasteiger partial charge >= 0.3 is 6.03 Å². The number of thioether (sulfide) groups is 1. The Kier molecular flexibility index (Phi) is 5.83. The number of carbonyl (C=O) groups is 3. The molecule has 1 aliphatic heterocycles. The van der Waals surface area contributed by atoms with Crippen LogP contribution in [-0.4, -0.2) is 42.7 Å². The molecule has 1 aliphatic rings. The number of urea groups is 1. The van der Waals surface area contributed by atoms with Crippen molar-refractivity contribution in [3.63, 3.8) is 0 Å².